The van der Waals surface area contributed by atoms with Crippen LogP contribution in [-0.4, -0.2) is 39.1 Å². The lowest BCUT2D eigenvalue weighted by atomic mass is 9.86. The number of benzene rings is 2. The number of nitrogens with zero attached hydrogens (tertiary/aromatic N) is 2. The molecule has 6 nitrogen and oxygen atoms in total. The second-order valence-corrected chi connectivity index (χ2v) is 9.92. The molecule has 182 valence electrons. The number of carboxylic acid groups (broad SMARTS) is 1. The molecule has 1 saturated heterocycles. The third-order valence-electron chi connectivity index (χ3n) is 7.88. The average molecular weight is 480 g/mol. The molecule has 2 aliphatic rings. The van der Waals surface area contributed by atoms with Gasteiger partial charge >= 0.3 is 5.97 Å². The molecule has 6 rings (SSSR count). The number of carbonyl (C=O) groups is 1. The van der Waals surface area contributed by atoms with Crippen molar-refractivity contribution < 1.29 is 23.4 Å². The first kappa shape index (κ1) is 22.2. The fourth-order valence-corrected chi connectivity index (χ4v) is 6.15. The van der Waals surface area contributed by atoms with Crippen molar-refractivity contribution in [3.8, 4) is 5.69 Å². The summed E-state index contributed by atoms with van der Waals surface area (Å²) in [6.45, 7) is 2.95. The van der Waals surface area contributed by atoms with E-state index in [-0.39, 0.29) is 23.5 Å². The van der Waals surface area contributed by atoms with Crippen LogP contribution >= 0.6 is 0 Å². The number of aliphatic carboxylic acids is 1. The third-order valence-corrected chi connectivity index (χ3v) is 7.88. The maximum atomic E-state index is 16.2. The van der Waals surface area contributed by atoms with Crippen molar-refractivity contribution in [1.82, 2.24) is 14.8 Å². The lowest BCUT2D eigenvalue weighted by Crippen LogP contribution is -2.19. The second-order valence-electron chi connectivity index (χ2n) is 9.92. The predicted octanol–water partition coefficient (Wildman–Crippen LogP) is 5.96. The number of ether oxygens (including phenoxy) is 1. The zero-order chi connectivity index (χ0) is 24.3. The van der Waals surface area contributed by atoms with E-state index in [0.717, 1.165) is 29.8 Å². The van der Waals surface area contributed by atoms with E-state index in [4.69, 9.17) is 4.74 Å². The Morgan fingerprint density at radius 1 is 1.14 bits per heavy atom. The molecule has 2 N–H and O–H groups in total. The Labute approximate surface area is 200 Å². The summed E-state index contributed by atoms with van der Waals surface area (Å²) in [5, 5.41) is 17.7. The molecule has 0 unspecified atom stereocenters. The molecule has 0 spiro atoms. The van der Waals surface area contributed by atoms with Crippen LogP contribution in [0.15, 0.2) is 30.5 Å². The Bertz CT molecular complexity index is 1450. The van der Waals surface area contributed by atoms with E-state index in [1.807, 2.05) is 6.07 Å². The molecule has 1 aliphatic heterocycles. The number of hydrogen-bond donors (Lipinski definition) is 2. The van der Waals surface area contributed by atoms with Gasteiger partial charge in [0, 0.05) is 41.3 Å². The Hall–Kier alpha value is -3.26. The second kappa shape index (κ2) is 8.45. The molecule has 1 aliphatic carbocycles. The zero-order valence-electron chi connectivity index (χ0n) is 19.5. The first-order chi connectivity index (χ1) is 16.9. The van der Waals surface area contributed by atoms with Crippen molar-refractivity contribution in [2.75, 3.05) is 13.2 Å². The summed E-state index contributed by atoms with van der Waals surface area (Å²) in [4.78, 5) is 11.8. The van der Waals surface area contributed by atoms with Gasteiger partial charge in [0.15, 0.2) is 5.82 Å². The van der Waals surface area contributed by atoms with Crippen LogP contribution in [0.3, 0.4) is 0 Å². The number of halogens is 2. The Morgan fingerprint density at radius 3 is 2.66 bits per heavy atom. The van der Waals surface area contributed by atoms with Gasteiger partial charge in [-0.3, -0.25) is 9.89 Å². The first-order valence-corrected chi connectivity index (χ1v) is 12.2. The van der Waals surface area contributed by atoms with E-state index < -0.39 is 11.9 Å². The van der Waals surface area contributed by atoms with E-state index >= 15 is 4.39 Å². The lowest BCUT2D eigenvalue weighted by Gasteiger charge is -2.27. The Balaban J connectivity index is 1.70. The highest BCUT2D eigenvalue weighted by atomic mass is 19.1. The number of nitrogens with one attached hydrogen (secondary N) is 1. The molecule has 1 saturated carbocycles. The highest BCUT2D eigenvalue weighted by Gasteiger charge is 2.38. The van der Waals surface area contributed by atoms with Crippen LogP contribution in [-0.2, 0) is 9.53 Å². The average Bonchev–Trinajstić information content (AvgIpc) is 3.59. The van der Waals surface area contributed by atoms with E-state index in [0.29, 0.717) is 59.8 Å². The number of fused-ring (bicyclic) bond motifs is 2. The van der Waals surface area contributed by atoms with Gasteiger partial charge in [-0.15, -0.1) is 0 Å². The molecule has 0 radical (unpaired) electrons. The minimum Gasteiger partial charge on any atom is -0.481 e. The number of aryl methyl sites for hydroxylation is 1. The van der Waals surface area contributed by atoms with Crippen LogP contribution < -0.4 is 0 Å². The first-order valence-electron chi connectivity index (χ1n) is 12.2. The number of aromatic nitrogens is 3. The van der Waals surface area contributed by atoms with E-state index in [1.165, 1.54) is 6.07 Å². The maximum Gasteiger partial charge on any atom is 0.306 e. The van der Waals surface area contributed by atoms with Gasteiger partial charge in [-0.2, -0.15) is 5.10 Å². The van der Waals surface area contributed by atoms with Crippen molar-refractivity contribution >= 4 is 27.8 Å². The van der Waals surface area contributed by atoms with Gasteiger partial charge in [0.05, 0.1) is 17.6 Å². The third kappa shape index (κ3) is 3.54. The zero-order valence-corrected chi connectivity index (χ0v) is 19.5. The molecule has 3 heterocycles. The summed E-state index contributed by atoms with van der Waals surface area (Å²) in [5.41, 5.74) is 4.24. The molecule has 2 atom stereocenters. The van der Waals surface area contributed by atoms with Crippen molar-refractivity contribution in [3.05, 3.63) is 58.9 Å². The summed E-state index contributed by atoms with van der Waals surface area (Å²) in [6.07, 6.45) is 4.93. The molecule has 2 aromatic heterocycles. The van der Waals surface area contributed by atoms with E-state index in [1.54, 1.807) is 25.3 Å². The van der Waals surface area contributed by atoms with E-state index in [2.05, 4.69) is 14.8 Å². The van der Waals surface area contributed by atoms with Crippen LogP contribution in [0.25, 0.3) is 27.5 Å². The van der Waals surface area contributed by atoms with Crippen molar-refractivity contribution in [2.24, 2.45) is 5.92 Å². The molecule has 8 heteroatoms. The van der Waals surface area contributed by atoms with Gasteiger partial charge < -0.3 is 14.4 Å². The minimum absolute atomic E-state index is 0.0749. The van der Waals surface area contributed by atoms with Gasteiger partial charge in [-0.25, -0.2) is 8.78 Å². The molecule has 2 fully saturated rings. The normalized spacial score (nSPS) is 21.3. The van der Waals surface area contributed by atoms with Crippen LogP contribution in [0.1, 0.15) is 60.8 Å². The molecule has 2 aromatic carbocycles. The van der Waals surface area contributed by atoms with Crippen LogP contribution in [0.4, 0.5) is 8.78 Å². The summed E-state index contributed by atoms with van der Waals surface area (Å²) in [6, 6.07) is 6.92. The number of hydrogen-bond acceptors (Lipinski definition) is 3. The van der Waals surface area contributed by atoms with Gasteiger partial charge in [0.2, 0.25) is 0 Å². The fraction of sp³-hybridized carbons (Fsp3) is 0.407. The summed E-state index contributed by atoms with van der Waals surface area (Å²) in [7, 11) is 0. The molecule has 35 heavy (non-hydrogen) atoms. The van der Waals surface area contributed by atoms with Crippen LogP contribution in [0, 0.1) is 24.5 Å². The van der Waals surface area contributed by atoms with Crippen molar-refractivity contribution in [2.45, 2.75) is 50.9 Å². The molecule has 0 amide bonds. The Morgan fingerprint density at radius 2 is 1.94 bits per heavy atom. The standard InChI is InChI=1S/C27H27F2N3O3/c1-14-10-19(4-5-20(14)28)32-21-12-18-13-30-31-25(18)24(29)23(21)22(16-2-3-17(11-16)27(33)34)26(32)15-6-8-35-9-7-15/h4-5,10,12-13,15-17H,2-3,6-9,11H2,1H3,(H,30,31)(H,33,34)/t16-,17-/m1/s1. The SMILES string of the molecule is Cc1cc(-n2c(C3CCOCC3)c([C@@H]3CC[C@@H](C(=O)O)C3)c3c(F)c4[nH]ncc4cc32)ccc1F. The van der Waals surface area contributed by atoms with Crippen molar-refractivity contribution in [1.29, 1.82) is 0 Å². The van der Waals surface area contributed by atoms with Gasteiger partial charge in [0.25, 0.3) is 0 Å². The van der Waals surface area contributed by atoms with Gasteiger partial charge in [0.1, 0.15) is 11.3 Å². The number of carboxylic acids is 1. The summed E-state index contributed by atoms with van der Waals surface area (Å²) in [5.74, 6) is -1.84. The number of H-pyrrole nitrogens is 1. The van der Waals surface area contributed by atoms with Crippen LogP contribution in [0.2, 0.25) is 0 Å². The summed E-state index contributed by atoms with van der Waals surface area (Å²) >= 11 is 0. The summed E-state index contributed by atoms with van der Waals surface area (Å²) < 4.78 is 38.2. The number of rotatable bonds is 4. The predicted molar refractivity (Wildman–Crippen MR) is 128 cm³/mol. The largest absolute Gasteiger partial charge is 0.481 e. The van der Waals surface area contributed by atoms with Gasteiger partial charge in [-0.05, 0) is 80.3 Å². The van der Waals surface area contributed by atoms with Crippen LogP contribution in [0.5, 0.6) is 0 Å². The van der Waals surface area contributed by atoms with E-state index in [9.17, 15) is 14.3 Å². The van der Waals surface area contributed by atoms with Gasteiger partial charge in [-0.1, -0.05) is 0 Å². The monoisotopic (exact) mass is 479 g/mol. The molecule has 0 bridgehead atoms. The topological polar surface area (TPSA) is 80.1 Å². The molecule has 4 aromatic rings. The fourth-order valence-electron chi connectivity index (χ4n) is 6.15. The minimum atomic E-state index is -0.797. The Kier molecular flexibility index (Phi) is 5.36. The number of aromatic amines is 1. The highest BCUT2D eigenvalue weighted by molar-refractivity contribution is 6.00. The maximum absolute atomic E-state index is 16.2. The molecular weight excluding hydrogens is 452 g/mol. The smallest absolute Gasteiger partial charge is 0.306 e. The van der Waals surface area contributed by atoms with Crippen molar-refractivity contribution in [3.63, 3.8) is 0 Å². The molecular formula is C27H27F2N3O3. The quantitative estimate of drug-likeness (QED) is 0.379. The lowest BCUT2D eigenvalue weighted by molar-refractivity contribution is -0.141. The highest BCUT2D eigenvalue weighted by Crippen LogP contribution is 2.49.